The van der Waals surface area contributed by atoms with Crippen LogP contribution in [0.15, 0.2) is 33.5 Å². The van der Waals surface area contributed by atoms with E-state index < -0.39 is 0 Å². The molecule has 0 aliphatic heterocycles. The van der Waals surface area contributed by atoms with Gasteiger partial charge in [0.2, 0.25) is 5.91 Å². The first-order valence-electron chi connectivity index (χ1n) is 13.4. The van der Waals surface area contributed by atoms with Crippen molar-refractivity contribution < 1.29 is 14.3 Å². The van der Waals surface area contributed by atoms with Crippen LogP contribution in [-0.4, -0.2) is 34.2 Å². The number of rotatable bonds is 7. The molecular weight excluding hydrogens is 551 g/mol. The highest BCUT2D eigenvalue weighted by Gasteiger charge is 2.27. The minimum atomic E-state index is -0.385. The molecule has 2 N–H and O–H groups in total. The van der Waals surface area contributed by atoms with E-state index in [1.165, 1.54) is 58.4 Å². The van der Waals surface area contributed by atoms with Crippen molar-refractivity contribution in [3.05, 3.63) is 61.1 Å². The zero-order valence-electron chi connectivity index (χ0n) is 21.7. The summed E-state index contributed by atoms with van der Waals surface area (Å²) in [6.07, 6.45) is 8.48. The molecule has 0 atom stereocenters. The van der Waals surface area contributed by atoms with Crippen LogP contribution >= 0.6 is 34.4 Å². The zero-order valence-corrected chi connectivity index (χ0v) is 24.1. The number of thiophene rings is 2. The second-order valence-corrected chi connectivity index (χ2v) is 12.8. The van der Waals surface area contributed by atoms with E-state index in [0.29, 0.717) is 25.9 Å². The number of benzene rings is 1. The number of ether oxygens (including phenoxy) is 1. The van der Waals surface area contributed by atoms with Crippen LogP contribution in [-0.2, 0) is 35.2 Å². The van der Waals surface area contributed by atoms with Gasteiger partial charge >= 0.3 is 5.97 Å². The third-order valence-electron chi connectivity index (χ3n) is 7.33. The standard InChI is InChI=1S/C29H29N3O4S3/c1-2-36-28(35)24-19-9-5-6-10-21(19)39-27(24)30-22(33)15-38-29-31-25(34)23-20(14-37-26(23)32-29)18-12-11-16-7-3-4-8-17(16)13-18/h11-14H,2-10,15H2,1H3,(H,30,33)(H,31,32,34). The van der Waals surface area contributed by atoms with Crippen molar-refractivity contribution in [2.24, 2.45) is 0 Å². The van der Waals surface area contributed by atoms with E-state index in [1.807, 2.05) is 5.38 Å². The summed E-state index contributed by atoms with van der Waals surface area (Å²) in [5.41, 5.74) is 6.04. The van der Waals surface area contributed by atoms with Gasteiger partial charge in [-0.15, -0.1) is 22.7 Å². The first kappa shape index (κ1) is 26.3. The van der Waals surface area contributed by atoms with Gasteiger partial charge in [-0.1, -0.05) is 30.0 Å². The minimum absolute atomic E-state index is 0.0579. The minimum Gasteiger partial charge on any atom is -0.462 e. The van der Waals surface area contributed by atoms with Crippen LogP contribution in [0.2, 0.25) is 0 Å². The van der Waals surface area contributed by atoms with Crippen LogP contribution in [0.3, 0.4) is 0 Å². The van der Waals surface area contributed by atoms with Gasteiger partial charge in [-0.3, -0.25) is 9.59 Å². The molecule has 0 saturated heterocycles. The predicted octanol–water partition coefficient (Wildman–Crippen LogP) is 6.38. The fraction of sp³-hybridized carbons (Fsp3) is 0.379. The molecule has 0 saturated carbocycles. The molecule has 10 heteroatoms. The number of nitrogens with zero attached hydrogens (tertiary/aromatic N) is 1. The molecule has 0 spiro atoms. The number of aryl methyl sites for hydroxylation is 3. The summed E-state index contributed by atoms with van der Waals surface area (Å²) in [6, 6.07) is 6.51. The molecule has 6 rings (SSSR count). The van der Waals surface area contributed by atoms with Gasteiger partial charge in [-0.05, 0) is 80.5 Å². The highest BCUT2D eigenvalue weighted by molar-refractivity contribution is 7.99. The number of hydrogen-bond acceptors (Lipinski definition) is 8. The second-order valence-electron chi connectivity index (χ2n) is 9.86. The van der Waals surface area contributed by atoms with Crippen molar-refractivity contribution in [1.29, 1.82) is 0 Å². The van der Waals surface area contributed by atoms with Crippen molar-refractivity contribution in [2.45, 2.75) is 63.4 Å². The third-order valence-corrected chi connectivity index (χ3v) is 10.3. The number of esters is 1. The van der Waals surface area contributed by atoms with E-state index in [4.69, 9.17) is 4.74 Å². The van der Waals surface area contributed by atoms with Gasteiger partial charge in [0.1, 0.15) is 9.83 Å². The SMILES string of the molecule is CCOC(=O)c1c(NC(=O)CSc2nc3scc(-c4ccc5c(c4)CCCC5)c3c(=O)[nH]2)sc2c1CCCC2. The molecule has 0 fully saturated rings. The molecule has 39 heavy (non-hydrogen) atoms. The lowest BCUT2D eigenvalue weighted by atomic mass is 9.89. The van der Waals surface area contributed by atoms with E-state index in [1.54, 1.807) is 6.92 Å². The van der Waals surface area contributed by atoms with Gasteiger partial charge < -0.3 is 15.0 Å². The number of hydrogen-bond donors (Lipinski definition) is 2. The maximum Gasteiger partial charge on any atom is 0.341 e. The van der Waals surface area contributed by atoms with Crippen molar-refractivity contribution in [2.75, 3.05) is 17.7 Å². The number of fused-ring (bicyclic) bond motifs is 3. The molecule has 202 valence electrons. The lowest BCUT2D eigenvalue weighted by Gasteiger charge is -2.16. The molecule has 0 bridgehead atoms. The van der Waals surface area contributed by atoms with Crippen LogP contribution in [0.4, 0.5) is 5.00 Å². The first-order valence-corrected chi connectivity index (χ1v) is 16.1. The van der Waals surface area contributed by atoms with Crippen molar-refractivity contribution in [1.82, 2.24) is 9.97 Å². The summed E-state index contributed by atoms with van der Waals surface area (Å²) in [5.74, 6) is -0.584. The van der Waals surface area contributed by atoms with E-state index in [-0.39, 0.29) is 29.8 Å². The number of thioether (sulfide) groups is 1. The molecule has 2 aliphatic rings. The number of carbonyl (C=O) groups is 2. The lowest BCUT2D eigenvalue weighted by Crippen LogP contribution is -2.17. The van der Waals surface area contributed by atoms with E-state index in [0.717, 1.165) is 60.1 Å². The maximum absolute atomic E-state index is 13.1. The summed E-state index contributed by atoms with van der Waals surface area (Å²) in [4.78, 5) is 48.0. The van der Waals surface area contributed by atoms with Crippen molar-refractivity contribution in [3.63, 3.8) is 0 Å². The largest absolute Gasteiger partial charge is 0.462 e. The summed E-state index contributed by atoms with van der Waals surface area (Å²) in [6.45, 7) is 2.06. The van der Waals surface area contributed by atoms with Crippen LogP contribution in [0.1, 0.15) is 64.5 Å². The highest BCUT2D eigenvalue weighted by atomic mass is 32.2. The Morgan fingerprint density at radius 3 is 2.74 bits per heavy atom. The number of anilines is 1. The van der Waals surface area contributed by atoms with Crippen molar-refractivity contribution >= 4 is 61.5 Å². The predicted molar refractivity (Wildman–Crippen MR) is 159 cm³/mol. The Labute approximate surface area is 238 Å². The van der Waals surface area contributed by atoms with Gasteiger partial charge in [0.25, 0.3) is 5.56 Å². The molecule has 1 amide bonds. The number of aromatic nitrogens is 2. The molecule has 0 radical (unpaired) electrons. The molecule has 3 aromatic heterocycles. The number of nitrogens with one attached hydrogen (secondary N) is 2. The maximum atomic E-state index is 13.1. The Morgan fingerprint density at radius 1 is 1.10 bits per heavy atom. The topological polar surface area (TPSA) is 101 Å². The van der Waals surface area contributed by atoms with Crippen LogP contribution in [0, 0.1) is 0 Å². The van der Waals surface area contributed by atoms with Crippen LogP contribution in [0.5, 0.6) is 0 Å². The van der Waals surface area contributed by atoms with Gasteiger partial charge in [0, 0.05) is 15.8 Å². The van der Waals surface area contributed by atoms with Crippen LogP contribution in [0.25, 0.3) is 21.3 Å². The molecular formula is C29H29N3O4S3. The van der Waals surface area contributed by atoms with E-state index >= 15 is 0 Å². The molecule has 2 aliphatic carbocycles. The molecule has 4 aromatic rings. The summed E-state index contributed by atoms with van der Waals surface area (Å²) in [5, 5.41) is 6.46. The Morgan fingerprint density at radius 2 is 1.90 bits per heavy atom. The fourth-order valence-electron chi connectivity index (χ4n) is 5.48. The smallest absolute Gasteiger partial charge is 0.341 e. The van der Waals surface area contributed by atoms with Gasteiger partial charge in [-0.2, -0.15) is 0 Å². The summed E-state index contributed by atoms with van der Waals surface area (Å²) in [7, 11) is 0. The Balaban J connectivity index is 1.19. The molecule has 1 aromatic carbocycles. The number of aromatic amines is 1. The first-order chi connectivity index (χ1) is 19.0. The third kappa shape index (κ3) is 5.29. The molecule has 3 heterocycles. The lowest BCUT2D eigenvalue weighted by molar-refractivity contribution is -0.113. The fourth-order valence-corrected chi connectivity index (χ4v) is 8.44. The average Bonchev–Trinajstić information content (AvgIpc) is 3.53. The summed E-state index contributed by atoms with van der Waals surface area (Å²) < 4.78 is 5.28. The highest BCUT2D eigenvalue weighted by Crippen LogP contribution is 2.39. The number of H-pyrrole nitrogens is 1. The zero-order chi connectivity index (χ0) is 26.9. The Kier molecular flexibility index (Phi) is 7.59. The van der Waals surface area contributed by atoms with Gasteiger partial charge in [0.05, 0.1) is 23.3 Å². The monoisotopic (exact) mass is 579 g/mol. The van der Waals surface area contributed by atoms with Gasteiger partial charge in [-0.25, -0.2) is 9.78 Å². The number of carbonyl (C=O) groups excluding carboxylic acids is 2. The molecule has 7 nitrogen and oxygen atoms in total. The quantitative estimate of drug-likeness (QED) is 0.150. The molecule has 0 unspecified atom stereocenters. The second kappa shape index (κ2) is 11.3. The summed E-state index contributed by atoms with van der Waals surface area (Å²) >= 11 is 4.08. The van der Waals surface area contributed by atoms with Crippen LogP contribution < -0.4 is 10.9 Å². The Hall–Kier alpha value is -2.95. The van der Waals surface area contributed by atoms with Crippen molar-refractivity contribution in [3.8, 4) is 11.1 Å². The van der Waals surface area contributed by atoms with E-state index in [2.05, 4.69) is 33.5 Å². The normalized spacial score (nSPS) is 14.6. The van der Waals surface area contributed by atoms with Gasteiger partial charge in [0.15, 0.2) is 5.16 Å². The Bertz CT molecular complexity index is 1630. The number of amides is 1. The average molecular weight is 580 g/mol. The van der Waals surface area contributed by atoms with E-state index in [9.17, 15) is 14.4 Å².